The van der Waals surface area contributed by atoms with Crippen LogP contribution < -0.4 is 4.74 Å². The third-order valence-corrected chi connectivity index (χ3v) is 3.38. The van der Waals surface area contributed by atoms with Gasteiger partial charge in [0.25, 0.3) is 0 Å². The topological polar surface area (TPSA) is 53.2 Å². The molecule has 2 aromatic rings. The SMILES string of the molecule is N#Cc1cccc(OCc2cc(C#CCCO)cs2)c1. The van der Waals surface area contributed by atoms with Crippen LogP contribution in [0.5, 0.6) is 5.75 Å². The highest BCUT2D eigenvalue weighted by atomic mass is 32.1. The summed E-state index contributed by atoms with van der Waals surface area (Å²) in [6.45, 7) is 0.545. The Labute approximate surface area is 122 Å². The van der Waals surface area contributed by atoms with Crippen LogP contribution in [0, 0.1) is 23.2 Å². The van der Waals surface area contributed by atoms with Crippen molar-refractivity contribution in [1.29, 1.82) is 5.26 Å². The van der Waals surface area contributed by atoms with Gasteiger partial charge in [0.15, 0.2) is 0 Å². The first-order valence-electron chi connectivity index (χ1n) is 6.12. The highest BCUT2D eigenvalue weighted by molar-refractivity contribution is 7.10. The third kappa shape index (κ3) is 4.13. The van der Waals surface area contributed by atoms with Crippen molar-refractivity contribution in [1.82, 2.24) is 0 Å². The van der Waals surface area contributed by atoms with E-state index in [0.717, 1.165) is 10.4 Å². The lowest BCUT2D eigenvalue weighted by Crippen LogP contribution is -1.92. The maximum Gasteiger partial charge on any atom is 0.122 e. The minimum atomic E-state index is 0.0857. The maximum atomic E-state index is 8.82. The van der Waals surface area contributed by atoms with Gasteiger partial charge in [-0.05, 0) is 24.3 Å². The maximum absolute atomic E-state index is 8.82. The molecule has 100 valence electrons. The molecule has 4 heteroatoms. The molecule has 0 unspecified atom stereocenters. The van der Waals surface area contributed by atoms with Crippen molar-refractivity contribution in [3.8, 4) is 23.7 Å². The number of ether oxygens (including phenoxy) is 1. The Kier molecular flexibility index (Phi) is 5.20. The van der Waals surface area contributed by atoms with Gasteiger partial charge in [-0.15, -0.1) is 11.3 Å². The van der Waals surface area contributed by atoms with Crippen LogP contribution in [0.15, 0.2) is 35.7 Å². The Balaban J connectivity index is 1.94. The third-order valence-electron chi connectivity index (χ3n) is 2.47. The quantitative estimate of drug-likeness (QED) is 0.878. The molecule has 0 saturated heterocycles. The molecule has 0 fully saturated rings. The first kappa shape index (κ1) is 14.1. The molecule has 3 nitrogen and oxygen atoms in total. The fraction of sp³-hybridized carbons (Fsp3) is 0.188. The Bertz CT molecular complexity index is 674. The molecule has 1 heterocycles. The highest BCUT2D eigenvalue weighted by Crippen LogP contribution is 2.18. The second-order valence-corrected chi connectivity index (χ2v) is 5.00. The zero-order valence-corrected chi connectivity index (χ0v) is 11.6. The number of benzene rings is 1. The van der Waals surface area contributed by atoms with E-state index >= 15 is 0 Å². The molecule has 0 amide bonds. The molecule has 2 rings (SSSR count). The van der Waals surface area contributed by atoms with Gasteiger partial charge in [0.2, 0.25) is 0 Å². The molecule has 0 radical (unpaired) electrons. The van der Waals surface area contributed by atoms with Gasteiger partial charge in [-0.1, -0.05) is 17.9 Å². The first-order chi connectivity index (χ1) is 9.81. The molecule has 0 atom stereocenters. The van der Waals surface area contributed by atoms with E-state index in [4.69, 9.17) is 15.1 Å². The van der Waals surface area contributed by atoms with Gasteiger partial charge >= 0.3 is 0 Å². The molecule has 0 saturated carbocycles. The molecular weight excluding hydrogens is 270 g/mol. The van der Waals surface area contributed by atoms with E-state index in [2.05, 4.69) is 17.9 Å². The minimum absolute atomic E-state index is 0.0857. The van der Waals surface area contributed by atoms with Crippen LogP contribution in [0.3, 0.4) is 0 Å². The van der Waals surface area contributed by atoms with Gasteiger partial charge in [-0.25, -0.2) is 0 Å². The van der Waals surface area contributed by atoms with Gasteiger partial charge in [-0.3, -0.25) is 0 Å². The van der Waals surface area contributed by atoms with Crippen molar-refractivity contribution >= 4 is 11.3 Å². The number of aliphatic hydroxyl groups excluding tert-OH is 1. The van der Waals surface area contributed by atoms with Crippen molar-refractivity contribution in [2.45, 2.75) is 13.0 Å². The van der Waals surface area contributed by atoms with E-state index < -0.39 is 0 Å². The Morgan fingerprint density at radius 1 is 1.25 bits per heavy atom. The number of nitriles is 1. The summed E-state index contributed by atoms with van der Waals surface area (Å²) in [6, 6.07) is 11.1. The lowest BCUT2D eigenvalue weighted by atomic mass is 10.2. The minimum Gasteiger partial charge on any atom is -0.488 e. The summed E-state index contributed by atoms with van der Waals surface area (Å²) >= 11 is 1.58. The van der Waals surface area contributed by atoms with Gasteiger partial charge in [0, 0.05) is 22.2 Å². The Morgan fingerprint density at radius 2 is 2.15 bits per heavy atom. The monoisotopic (exact) mass is 283 g/mol. The lowest BCUT2D eigenvalue weighted by molar-refractivity contribution is 0.305. The molecular formula is C16H13NO2S. The fourth-order valence-corrected chi connectivity index (χ4v) is 2.28. The van der Waals surface area contributed by atoms with E-state index in [1.807, 2.05) is 17.5 Å². The molecule has 1 aromatic heterocycles. The number of aliphatic hydroxyl groups is 1. The number of hydrogen-bond acceptors (Lipinski definition) is 4. The van der Waals surface area contributed by atoms with Crippen molar-refractivity contribution in [2.75, 3.05) is 6.61 Å². The van der Waals surface area contributed by atoms with Crippen LogP contribution in [0.2, 0.25) is 0 Å². The van der Waals surface area contributed by atoms with E-state index in [1.165, 1.54) is 0 Å². The summed E-state index contributed by atoms with van der Waals surface area (Å²) in [5.41, 5.74) is 1.53. The van der Waals surface area contributed by atoms with E-state index in [-0.39, 0.29) is 6.61 Å². The predicted molar refractivity (Wildman–Crippen MR) is 78.4 cm³/mol. The van der Waals surface area contributed by atoms with Gasteiger partial charge in [0.1, 0.15) is 12.4 Å². The largest absolute Gasteiger partial charge is 0.488 e. The number of thiophene rings is 1. The molecule has 0 spiro atoms. The molecule has 1 N–H and O–H groups in total. The molecule has 0 aliphatic carbocycles. The first-order valence-corrected chi connectivity index (χ1v) is 7.00. The van der Waals surface area contributed by atoms with E-state index in [9.17, 15) is 0 Å². The second kappa shape index (κ2) is 7.35. The van der Waals surface area contributed by atoms with Crippen LogP contribution in [-0.4, -0.2) is 11.7 Å². The zero-order chi connectivity index (χ0) is 14.2. The van der Waals surface area contributed by atoms with E-state index in [0.29, 0.717) is 24.3 Å². The van der Waals surface area contributed by atoms with Crippen LogP contribution in [0.25, 0.3) is 0 Å². The van der Waals surface area contributed by atoms with Crippen LogP contribution >= 0.6 is 11.3 Å². The summed E-state index contributed by atoms with van der Waals surface area (Å²) in [7, 11) is 0. The molecule has 20 heavy (non-hydrogen) atoms. The van der Waals surface area contributed by atoms with Crippen LogP contribution in [-0.2, 0) is 6.61 Å². The van der Waals surface area contributed by atoms with E-state index in [1.54, 1.807) is 29.5 Å². The van der Waals surface area contributed by atoms with Gasteiger partial charge in [-0.2, -0.15) is 5.26 Å². The van der Waals surface area contributed by atoms with Crippen LogP contribution in [0.4, 0.5) is 0 Å². The lowest BCUT2D eigenvalue weighted by Gasteiger charge is -2.04. The Morgan fingerprint density at radius 3 is 2.95 bits per heavy atom. The number of hydrogen-bond donors (Lipinski definition) is 1. The summed E-state index contributed by atoms with van der Waals surface area (Å²) in [5, 5.41) is 19.4. The number of rotatable bonds is 4. The summed E-state index contributed by atoms with van der Waals surface area (Å²) < 4.78 is 5.64. The average molecular weight is 283 g/mol. The molecule has 0 aliphatic heterocycles. The Hall–Kier alpha value is -2.27. The summed E-state index contributed by atoms with van der Waals surface area (Å²) in [4.78, 5) is 1.07. The van der Waals surface area contributed by atoms with Crippen molar-refractivity contribution in [3.63, 3.8) is 0 Å². The smallest absolute Gasteiger partial charge is 0.122 e. The second-order valence-electron chi connectivity index (χ2n) is 4.01. The average Bonchev–Trinajstić information content (AvgIpc) is 2.94. The van der Waals surface area contributed by atoms with Gasteiger partial charge < -0.3 is 9.84 Å². The normalized spacial score (nSPS) is 9.40. The standard InChI is InChI=1S/C16H13NO2S/c17-10-13-5-3-6-15(8-13)19-11-16-9-14(12-20-16)4-1-2-7-18/h3,5-6,8-9,12,18H,2,7,11H2. The molecule has 1 aromatic carbocycles. The highest BCUT2D eigenvalue weighted by Gasteiger charge is 2.00. The van der Waals surface area contributed by atoms with Gasteiger partial charge in [0.05, 0.1) is 18.2 Å². The zero-order valence-electron chi connectivity index (χ0n) is 10.8. The van der Waals surface area contributed by atoms with Crippen LogP contribution in [0.1, 0.15) is 22.4 Å². The van der Waals surface area contributed by atoms with Crippen molar-refractivity contribution in [2.24, 2.45) is 0 Å². The molecule has 0 bridgehead atoms. The number of nitrogens with zero attached hydrogens (tertiary/aromatic N) is 1. The summed E-state index contributed by atoms with van der Waals surface area (Å²) in [6.07, 6.45) is 0.489. The van der Waals surface area contributed by atoms with Crippen molar-refractivity contribution < 1.29 is 9.84 Å². The summed E-state index contributed by atoms with van der Waals surface area (Å²) in [5.74, 6) is 6.55. The predicted octanol–water partition coefficient (Wildman–Crippen LogP) is 2.93. The van der Waals surface area contributed by atoms with Crippen molar-refractivity contribution in [3.05, 3.63) is 51.7 Å². The molecule has 0 aliphatic rings. The fourth-order valence-electron chi connectivity index (χ4n) is 1.55.